The fourth-order valence-corrected chi connectivity index (χ4v) is 1.14. The highest BCUT2D eigenvalue weighted by molar-refractivity contribution is 5.39. The van der Waals surface area contributed by atoms with Crippen molar-refractivity contribution >= 4 is 0 Å². The van der Waals surface area contributed by atoms with E-state index in [1.165, 1.54) is 0 Å². The van der Waals surface area contributed by atoms with E-state index in [0.717, 1.165) is 5.56 Å². The predicted octanol–water partition coefficient (Wildman–Crippen LogP) is 2.66. The van der Waals surface area contributed by atoms with Crippen LogP contribution in [0.5, 0.6) is 11.5 Å². The Kier molecular flexibility index (Phi) is 2.66. The molecule has 0 fully saturated rings. The highest BCUT2D eigenvalue weighted by atomic mass is 16.5. The van der Waals surface area contributed by atoms with Crippen molar-refractivity contribution in [1.29, 1.82) is 0 Å². The molecule has 2 aromatic rings. The Morgan fingerprint density at radius 1 is 1.33 bits per heavy atom. The van der Waals surface area contributed by atoms with Gasteiger partial charge in [-0.05, 0) is 36.4 Å². The molecule has 2 nitrogen and oxygen atoms in total. The van der Waals surface area contributed by atoms with Gasteiger partial charge in [0.2, 0.25) is 0 Å². The van der Waals surface area contributed by atoms with Crippen LogP contribution >= 0.6 is 0 Å². The van der Waals surface area contributed by atoms with Gasteiger partial charge in [0, 0.05) is 11.8 Å². The molecule has 0 aliphatic carbocycles. The van der Waals surface area contributed by atoms with Crippen LogP contribution in [0.25, 0.3) is 0 Å². The average Bonchev–Trinajstić information content (AvgIpc) is 2.31. The minimum atomic E-state index is 0.665. The summed E-state index contributed by atoms with van der Waals surface area (Å²) in [5.74, 6) is 3.87. The number of nitrogens with zero attached hydrogens (tertiary/aromatic N) is 1. The van der Waals surface area contributed by atoms with Crippen LogP contribution in [0.3, 0.4) is 0 Å². The van der Waals surface area contributed by atoms with Crippen molar-refractivity contribution < 1.29 is 4.74 Å². The zero-order valence-electron chi connectivity index (χ0n) is 7.97. The number of hydrogen-bond acceptors (Lipinski definition) is 2. The summed E-state index contributed by atoms with van der Waals surface area (Å²) in [5.41, 5.74) is 0.747. The summed E-state index contributed by atoms with van der Waals surface area (Å²) in [5, 5.41) is 0. The standard InChI is InChI=1S/C13H8NO/c1-2-11-5-3-6-12(9-11)15-13-7-4-8-14-10-13/h1,4-10H. The lowest BCUT2D eigenvalue weighted by atomic mass is 10.2. The van der Waals surface area contributed by atoms with Crippen LogP contribution in [-0.2, 0) is 0 Å². The van der Waals surface area contributed by atoms with E-state index in [4.69, 9.17) is 11.2 Å². The average molecular weight is 194 g/mol. The molecule has 0 aliphatic heterocycles. The third kappa shape index (κ3) is 2.35. The highest BCUT2D eigenvalue weighted by Gasteiger charge is 1.97. The van der Waals surface area contributed by atoms with Gasteiger partial charge in [-0.2, -0.15) is 0 Å². The lowest BCUT2D eigenvalue weighted by Gasteiger charge is -2.04. The van der Waals surface area contributed by atoms with Crippen molar-refractivity contribution in [2.24, 2.45) is 0 Å². The second-order valence-electron chi connectivity index (χ2n) is 2.89. The molecule has 1 heterocycles. The van der Waals surface area contributed by atoms with E-state index < -0.39 is 0 Å². The van der Waals surface area contributed by atoms with Gasteiger partial charge in [-0.3, -0.25) is 4.98 Å². The molecule has 71 valence electrons. The van der Waals surface area contributed by atoms with Gasteiger partial charge in [-0.15, -0.1) is 6.42 Å². The third-order valence-electron chi connectivity index (χ3n) is 1.80. The topological polar surface area (TPSA) is 22.1 Å². The molecule has 1 aromatic heterocycles. The molecule has 1 aromatic carbocycles. The van der Waals surface area contributed by atoms with E-state index >= 15 is 0 Å². The number of rotatable bonds is 2. The Balaban J connectivity index is 2.22. The van der Waals surface area contributed by atoms with E-state index in [-0.39, 0.29) is 0 Å². The van der Waals surface area contributed by atoms with Gasteiger partial charge in [0.05, 0.1) is 6.20 Å². The van der Waals surface area contributed by atoms with Crippen LogP contribution in [0.2, 0.25) is 0 Å². The lowest BCUT2D eigenvalue weighted by molar-refractivity contribution is 0.480. The summed E-state index contributed by atoms with van der Waals surface area (Å²) < 4.78 is 5.53. The minimum absolute atomic E-state index is 0.665. The molecule has 0 saturated heterocycles. The monoisotopic (exact) mass is 194 g/mol. The number of aromatic nitrogens is 1. The summed E-state index contributed by atoms with van der Waals surface area (Å²) in [6.45, 7) is 0. The molecule has 0 unspecified atom stereocenters. The van der Waals surface area contributed by atoms with Crippen molar-refractivity contribution in [2.75, 3.05) is 0 Å². The Morgan fingerprint density at radius 3 is 3.00 bits per heavy atom. The first-order chi connectivity index (χ1) is 7.38. The van der Waals surface area contributed by atoms with Gasteiger partial charge >= 0.3 is 0 Å². The lowest BCUT2D eigenvalue weighted by Crippen LogP contribution is -1.85. The van der Waals surface area contributed by atoms with Gasteiger partial charge in [0.1, 0.15) is 11.5 Å². The van der Waals surface area contributed by atoms with Crippen molar-refractivity contribution in [3.63, 3.8) is 0 Å². The summed E-state index contributed by atoms with van der Waals surface area (Å²) in [6.07, 6.45) is 8.61. The van der Waals surface area contributed by atoms with E-state index in [2.05, 4.69) is 17.0 Å². The SMILES string of the molecule is C#Cc1c[c]cc(Oc2cccnc2)c1. The third-order valence-corrected chi connectivity index (χ3v) is 1.80. The maximum Gasteiger partial charge on any atom is 0.145 e. The molecule has 0 aliphatic rings. The molecule has 15 heavy (non-hydrogen) atoms. The first-order valence-electron chi connectivity index (χ1n) is 4.44. The second-order valence-corrected chi connectivity index (χ2v) is 2.89. The van der Waals surface area contributed by atoms with Crippen LogP contribution in [0.4, 0.5) is 0 Å². The van der Waals surface area contributed by atoms with Crippen LogP contribution in [0, 0.1) is 18.4 Å². The zero-order valence-corrected chi connectivity index (χ0v) is 7.97. The Morgan fingerprint density at radius 2 is 2.27 bits per heavy atom. The molecule has 0 amide bonds. The van der Waals surface area contributed by atoms with E-state index in [1.807, 2.05) is 12.1 Å². The Bertz CT molecular complexity index is 485. The maximum atomic E-state index is 5.53. The van der Waals surface area contributed by atoms with E-state index in [9.17, 15) is 0 Å². The molecule has 2 rings (SSSR count). The summed E-state index contributed by atoms with van der Waals surface area (Å²) in [7, 11) is 0. The van der Waals surface area contributed by atoms with Crippen molar-refractivity contribution in [2.45, 2.75) is 0 Å². The molecular formula is C13H8NO. The molecule has 1 radical (unpaired) electrons. The van der Waals surface area contributed by atoms with Crippen molar-refractivity contribution in [1.82, 2.24) is 4.98 Å². The van der Waals surface area contributed by atoms with Crippen molar-refractivity contribution in [3.05, 3.63) is 54.4 Å². The van der Waals surface area contributed by atoms with E-state index in [1.54, 1.807) is 30.6 Å². The number of pyridine rings is 1. The number of benzene rings is 1. The molecule has 0 bridgehead atoms. The molecule has 0 spiro atoms. The van der Waals surface area contributed by atoms with E-state index in [0.29, 0.717) is 11.5 Å². The first kappa shape index (κ1) is 9.29. The molecule has 2 heteroatoms. The highest BCUT2D eigenvalue weighted by Crippen LogP contribution is 2.20. The zero-order chi connectivity index (χ0) is 10.5. The quantitative estimate of drug-likeness (QED) is 0.685. The van der Waals surface area contributed by atoms with Gasteiger partial charge in [-0.1, -0.05) is 5.92 Å². The summed E-state index contributed by atoms with van der Waals surface area (Å²) in [4.78, 5) is 3.95. The van der Waals surface area contributed by atoms with Crippen LogP contribution in [-0.4, -0.2) is 4.98 Å². The van der Waals surface area contributed by atoms with Crippen LogP contribution in [0.15, 0.2) is 42.7 Å². The molecular weight excluding hydrogens is 186 g/mol. The summed E-state index contributed by atoms with van der Waals surface area (Å²) >= 11 is 0. The molecule has 0 atom stereocenters. The number of terminal acetylenes is 1. The smallest absolute Gasteiger partial charge is 0.145 e. The molecule has 0 N–H and O–H groups in total. The summed E-state index contributed by atoms with van der Waals surface area (Å²) in [6, 6.07) is 11.8. The molecule has 0 saturated carbocycles. The predicted molar refractivity (Wildman–Crippen MR) is 57.5 cm³/mol. The number of ether oxygens (including phenoxy) is 1. The van der Waals surface area contributed by atoms with Crippen LogP contribution in [0.1, 0.15) is 5.56 Å². The normalized spacial score (nSPS) is 9.27. The van der Waals surface area contributed by atoms with Crippen molar-refractivity contribution in [3.8, 4) is 23.8 Å². The first-order valence-corrected chi connectivity index (χ1v) is 4.44. The Hall–Kier alpha value is -2.27. The van der Waals surface area contributed by atoms with Gasteiger partial charge in [0.25, 0.3) is 0 Å². The number of hydrogen-bond donors (Lipinski definition) is 0. The maximum absolute atomic E-state index is 5.53. The second kappa shape index (κ2) is 4.30. The van der Waals surface area contributed by atoms with Gasteiger partial charge in [0.15, 0.2) is 0 Å². The minimum Gasteiger partial charge on any atom is -0.456 e. The fraction of sp³-hybridized carbons (Fsp3) is 0. The largest absolute Gasteiger partial charge is 0.456 e. The van der Waals surface area contributed by atoms with Gasteiger partial charge < -0.3 is 4.74 Å². The van der Waals surface area contributed by atoms with Gasteiger partial charge in [-0.25, -0.2) is 0 Å². The Labute approximate surface area is 88.6 Å². The van der Waals surface area contributed by atoms with Crippen LogP contribution < -0.4 is 4.74 Å². The fourth-order valence-electron chi connectivity index (χ4n) is 1.14.